The summed E-state index contributed by atoms with van der Waals surface area (Å²) in [5.41, 5.74) is 1.23. The second kappa shape index (κ2) is 5.17. The van der Waals surface area contributed by atoms with E-state index in [2.05, 4.69) is 10.6 Å². The highest BCUT2D eigenvalue weighted by Gasteiger charge is 2.12. The molecule has 0 bridgehead atoms. The second-order valence-corrected chi connectivity index (χ2v) is 4.62. The van der Waals surface area contributed by atoms with E-state index >= 15 is 0 Å². The van der Waals surface area contributed by atoms with Crippen LogP contribution < -0.4 is 10.6 Å². The third-order valence-corrected chi connectivity index (χ3v) is 3.33. The van der Waals surface area contributed by atoms with Crippen LogP contribution in [0.15, 0.2) is 18.2 Å². The summed E-state index contributed by atoms with van der Waals surface area (Å²) in [6.45, 7) is 3.10. The second-order valence-electron chi connectivity index (χ2n) is 3.81. The standard InChI is InChI=1S/C11H14Cl2N2/c12-10-2-1-8(6-11(10)13)5-9-7-14-3-4-15-9/h1-2,6,9,14-15H,3-5,7H2. The number of hydrogen-bond donors (Lipinski definition) is 2. The van der Waals surface area contributed by atoms with Crippen molar-refractivity contribution in [1.29, 1.82) is 0 Å². The van der Waals surface area contributed by atoms with Gasteiger partial charge in [-0.15, -0.1) is 0 Å². The molecule has 2 rings (SSSR count). The third-order valence-electron chi connectivity index (χ3n) is 2.59. The van der Waals surface area contributed by atoms with Gasteiger partial charge in [0.15, 0.2) is 0 Å². The van der Waals surface area contributed by atoms with Crippen molar-refractivity contribution in [2.45, 2.75) is 12.5 Å². The molecule has 0 radical (unpaired) electrons. The zero-order valence-corrected chi connectivity index (χ0v) is 9.91. The van der Waals surface area contributed by atoms with Gasteiger partial charge in [-0.1, -0.05) is 29.3 Å². The van der Waals surface area contributed by atoms with Gasteiger partial charge in [-0.25, -0.2) is 0 Å². The van der Waals surface area contributed by atoms with Crippen LogP contribution in [0.1, 0.15) is 5.56 Å². The molecular formula is C11H14Cl2N2. The van der Waals surface area contributed by atoms with Gasteiger partial charge in [0.05, 0.1) is 10.0 Å². The zero-order chi connectivity index (χ0) is 10.7. The quantitative estimate of drug-likeness (QED) is 0.833. The number of hydrogen-bond acceptors (Lipinski definition) is 2. The summed E-state index contributed by atoms with van der Waals surface area (Å²) in [5, 5.41) is 8.08. The first-order valence-electron chi connectivity index (χ1n) is 5.14. The molecule has 0 aromatic heterocycles. The fraction of sp³-hybridized carbons (Fsp3) is 0.455. The maximum absolute atomic E-state index is 5.96. The Morgan fingerprint density at radius 2 is 2.07 bits per heavy atom. The van der Waals surface area contributed by atoms with Gasteiger partial charge >= 0.3 is 0 Å². The minimum Gasteiger partial charge on any atom is -0.314 e. The highest BCUT2D eigenvalue weighted by atomic mass is 35.5. The van der Waals surface area contributed by atoms with Gasteiger partial charge in [0.2, 0.25) is 0 Å². The van der Waals surface area contributed by atoms with Crippen LogP contribution in [0.4, 0.5) is 0 Å². The molecule has 2 N–H and O–H groups in total. The molecule has 1 aromatic rings. The van der Waals surface area contributed by atoms with Crippen LogP contribution in [0.5, 0.6) is 0 Å². The van der Waals surface area contributed by atoms with Crippen LogP contribution in [0.2, 0.25) is 10.0 Å². The topological polar surface area (TPSA) is 24.1 Å². The van der Waals surface area contributed by atoms with Crippen molar-refractivity contribution >= 4 is 23.2 Å². The summed E-state index contributed by atoms with van der Waals surface area (Å²) < 4.78 is 0. The monoisotopic (exact) mass is 244 g/mol. The summed E-state index contributed by atoms with van der Waals surface area (Å²) in [6, 6.07) is 6.33. The van der Waals surface area contributed by atoms with E-state index in [0.29, 0.717) is 16.1 Å². The molecule has 1 unspecified atom stereocenters. The Morgan fingerprint density at radius 1 is 1.20 bits per heavy atom. The Hall–Kier alpha value is -0.280. The molecule has 0 saturated carbocycles. The van der Waals surface area contributed by atoms with E-state index in [4.69, 9.17) is 23.2 Å². The van der Waals surface area contributed by atoms with E-state index in [1.165, 1.54) is 5.56 Å². The summed E-state index contributed by atoms with van der Waals surface area (Å²) in [5.74, 6) is 0. The highest BCUT2D eigenvalue weighted by molar-refractivity contribution is 6.42. The molecular weight excluding hydrogens is 231 g/mol. The summed E-state index contributed by atoms with van der Waals surface area (Å²) >= 11 is 11.8. The average molecular weight is 245 g/mol. The smallest absolute Gasteiger partial charge is 0.0595 e. The Labute approximate surface area is 100.0 Å². The van der Waals surface area contributed by atoms with E-state index in [1.54, 1.807) is 0 Å². The first-order chi connectivity index (χ1) is 7.25. The maximum atomic E-state index is 5.96. The van der Waals surface area contributed by atoms with Crippen molar-refractivity contribution in [3.63, 3.8) is 0 Å². The van der Waals surface area contributed by atoms with Crippen molar-refractivity contribution in [2.24, 2.45) is 0 Å². The van der Waals surface area contributed by atoms with E-state index in [-0.39, 0.29) is 0 Å². The normalized spacial score (nSPS) is 21.6. The van der Waals surface area contributed by atoms with Gasteiger partial charge in [-0.05, 0) is 24.1 Å². The fourth-order valence-corrected chi connectivity index (χ4v) is 2.13. The van der Waals surface area contributed by atoms with Crippen molar-refractivity contribution in [2.75, 3.05) is 19.6 Å². The van der Waals surface area contributed by atoms with Crippen molar-refractivity contribution in [3.05, 3.63) is 33.8 Å². The predicted molar refractivity (Wildman–Crippen MR) is 64.8 cm³/mol. The lowest BCUT2D eigenvalue weighted by molar-refractivity contribution is 0.416. The van der Waals surface area contributed by atoms with Gasteiger partial charge in [-0.3, -0.25) is 0 Å². The number of rotatable bonds is 2. The number of nitrogens with one attached hydrogen (secondary N) is 2. The molecule has 1 fully saturated rings. The van der Waals surface area contributed by atoms with Crippen LogP contribution in [-0.4, -0.2) is 25.7 Å². The van der Waals surface area contributed by atoms with E-state index < -0.39 is 0 Å². The van der Waals surface area contributed by atoms with Crippen LogP contribution in [0.25, 0.3) is 0 Å². The molecule has 4 heteroatoms. The molecule has 82 valence electrons. The number of halogens is 2. The van der Waals surface area contributed by atoms with Gasteiger partial charge in [-0.2, -0.15) is 0 Å². The number of piperazine rings is 1. The molecule has 15 heavy (non-hydrogen) atoms. The van der Waals surface area contributed by atoms with Gasteiger partial charge in [0, 0.05) is 25.7 Å². The highest BCUT2D eigenvalue weighted by Crippen LogP contribution is 2.23. The van der Waals surface area contributed by atoms with E-state index in [1.807, 2.05) is 18.2 Å². The predicted octanol–water partition coefficient (Wildman–Crippen LogP) is 2.10. The summed E-state index contributed by atoms with van der Waals surface area (Å²) in [6.07, 6.45) is 0.990. The molecule has 1 atom stereocenters. The molecule has 0 amide bonds. The Kier molecular flexibility index (Phi) is 3.87. The fourth-order valence-electron chi connectivity index (χ4n) is 1.81. The lowest BCUT2D eigenvalue weighted by atomic mass is 10.0. The van der Waals surface area contributed by atoms with Gasteiger partial charge in [0.25, 0.3) is 0 Å². The molecule has 1 aliphatic heterocycles. The minimum atomic E-state index is 0.496. The maximum Gasteiger partial charge on any atom is 0.0595 e. The minimum absolute atomic E-state index is 0.496. The molecule has 0 aliphatic carbocycles. The van der Waals surface area contributed by atoms with Crippen molar-refractivity contribution < 1.29 is 0 Å². The Balaban J connectivity index is 2.00. The lowest BCUT2D eigenvalue weighted by Gasteiger charge is -2.24. The van der Waals surface area contributed by atoms with Crippen LogP contribution in [0.3, 0.4) is 0 Å². The molecule has 0 spiro atoms. The molecule has 1 heterocycles. The zero-order valence-electron chi connectivity index (χ0n) is 8.39. The van der Waals surface area contributed by atoms with Crippen LogP contribution in [-0.2, 0) is 6.42 Å². The SMILES string of the molecule is Clc1ccc(CC2CNCCN2)cc1Cl. The first kappa shape index (κ1) is 11.2. The first-order valence-corrected chi connectivity index (χ1v) is 5.89. The molecule has 1 saturated heterocycles. The van der Waals surface area contributed by atoms with Crippen LogP contribution >= 0.6 is 23.2 Å². The van der Waals surface area contributed by atoms with Gasteiger partial charge in [0.1, 0.15) is 0 Å². The largest absolute Gasteiger partial charge is 0.314 e. The third kappa shape index (κ3) is 3.08. The Morgan fingerprint density at radius 3 is 2.73 bits per heavy atom. The average Bonchev–Trinajstić information content (AvgIpc) is 2.25. The van der Waals surface area contributed by atoms with Crippen molar-refractivity contribution in [1.82, 2.24) is 10.6 Å². The summed E-state index contributed by atoms with van der Waals surface area (Å²) in [4.78, 5) is 0. The lowest BCUT2D eigenvalue weighted by Crippen LogP contribution is -2.49. The number of benzene rings is 1. The summed E-state index contributed by atoms with van der Waals surface area (Å²) in [7, 11) is 0. The van der Waals surface area contributed by atoms with E-state index in [9.17, 15) is 0 Å². The molecule has 2 nitrogen and oxygen atoms in total. The molecule has 1 aliphatic rings. The van der Waals surface area contributed by atoms with E-state index in [0.717, 1.165) is 26.1 Å². The van der Waals surface area contributed by atoms with Crippen LogP contribution in [0, 0.1) is 0 Å². The molecule has 1 aromatic carbocycles. The van der Waals surface area contributed by atoms with Gasteiger partial charge < -0.3 is 10.6 Å². The Bertz CT molecular complexity index is 335. The van der Waals surface area contributed by atoms with Crippen molar-refractivity contribution in [3.8, 4) is 0 Å².